The molecule has 2 atom stereocenters. The fraction of sp³-hybridized carbons (Fsp3) is 0.455. The lowest BCUT2D eigenvalue weighted by atomic mass is 10.3. The summed E-state index contributed by atoms with van der Waals surface area (Å²) in [6.07, 6.45) is 2.66. The molecule has 0 heterocycles. The largest absolute Gasteiger partial charge is 0.490 e. The van der Waals surface area contributed by atoms with Gasteiger partial charge in [-0.05, 0) is 25.0 Å². The average molecular weight is 178 g/mol. The van der Waals surface area contributed by atoms with Crippen LogP contribution >= 0.6 is 0 Å². The number of rotatable bonds is 2. The van der Waals surface area contributed by atoms with E-state index in [0.717, 1.165) is 25.0 Å². The van der Waals surface area contributed by atoms with Gasteiger partial charge in [0.2, 0.25) is 0 Å². The van der Waals surface area contributed by atoms with Gasteiger partial charge in [0.15, 0.2) is 0 Å². The first-order valence-electron chi connectivity index (χ1n) is 4.74. The second kappa shape index (κ2) is 3.79. The highest BCUT2D eigenvalue weighted by Crippen LogP contribution is 2.24. The van der Waals surface area contributed by atoms with Crippen molar-refractivity contribution < 1.29 is 9.84 Å². The fourth-order valence-corrected chi connectivity index (χ4v) is 1.72. The van der Waals surface area contributed by atoms with Crippen molar-refractivity contribution in [2.75, 3.05) is 0 Å². The number of hydrogen-bond acceptors (Lipinski definition) is 2. The smallest absolute Gasteiger partial charge is 0.119 e. The van der Waals surface area contributed by atoms with Crippen LogP contribution < -0.4 is 4.74 Å². The Balaban J connectivity index is 1.92. The summed E-state index contributed by atoms with van der Waals surface area (Å²) in [6, 6.07) is 9.78. The van der Waals surface area contributed by atoms with Gasteiger partial charge in [0.25, 0.3) is 0 Å². The highest BCUT2D eigenvalue weighted by molar-refractivity contribution is 5.21. The molecule has 1 N–H and O–H groups in total. The van der Waals surface area contributed by atoms with E-state index in [0.29, 0.717) is 0 Å². The quantitative estimate of drug-likeness (QED) is 0.750. The van der Waals surface area contributed by atoms with E-state index in [1.807, 2.05) is 30.3 Å². The van der Waals surface area contributed by atoms with Crippen molar-refractivity contribution in [3.63, 3.8) is 0 Å². The summed E-state index contributed by atoms with van der Waals surface area (Å²) in [6.45, 7) is 0. The van der Waals surface area contributed by atoms with Crippen LogP contribution in [-0.2, 0) is 0 Å². The monoisotopic (exact) mass is 178 g/mol. The minimum atomic E-state index is -0.159. The van der Waals surface area contributed by atoms with Gasteiger partial charge in [-0.15, -0.1) is 0 Å². The van der Waals surface area contributed by atoms with Crippen LogP contribution in [0.4, 0.5) is 0 Å². The predicted molar refractivity (Wildman–Crippen MR) is 50.7 cm³/mol. The van der Waals surface area contributed by atoms with E-state index in [2.05, 4.69) is 0 Å². The number of aliphatic hydroxyl groups excluding tert-OH is 1. The van der Waals surface area contributed by atoms with Crippen LogP contribution in [0.1, 0.15) is 19.3 Å². The molecule has 1 aliphatic carbocycles. The van der Waals surface area contributed by atoms with Gasteiger partial charge in [0.1, 0.15) is 11.9 Å². The molecule has 13 heavy (non-hydrogen) atoms. The SMILES string of the molecule is O[C@H]1CC[C@H](Oc2ccccc2)C1. The molecule has 0 unspecified atom stereocenters. The summed E-state index contributed by atoms with van der Waals surface area (Å²) < 4.78 is 5.69. The van der Waals surface area contributed by atoms with Crippen molar-refractivity contribution >= 4 is 0 Å². The summed E-state index contributed by atoms with van der Waals surface area (Å²) in [7, 11) is 0. The van der Waals surface area contributed by atoms with E-state index in [1.54, 1.807) is 0 Å². The van der Waals surface area contributed by atoms with Gasteiger partial charge in [0, 0.05) is 6.42 Å². The lowest BCUT2D eigenvalue weighted by Crippen LogP contribution is -2.13. The van der Waals surface area contributed by atoms with E-state index < -0.39 is 0 Å². The zero-order chi connectivity index (χ0) is 9.10. The molecule has 0 aromatic heterocycles. The van der Waals surface area contributed by atoms with Crippen molar-refractivity contribution in [1.82, 2.24) is 0 Å². The van der Waals surface area contributed by atoms with E-state index in [-0.39, 0.29) is 12.2 Å². The molecule has 2 heteroatoms. The summed E-state index contributed by atoms with van der Waals surface area (Å²) in [5.41, 5.74) is 0. The summed E-state index contributed by atoms with van der Waals surface area (Å²) in [5.74, 6) is 0.904. The number of hydrogen-bond donors (Lipinski definition) is 1. The van der Waals surface area contributed by atoms with Crippen molar-refractivity contribution in [3.05, 3.63) is 30.3 Å². The van der Waals surface area contributed by atoms with E-state index in [1.165, 1.54) is 0 Å². The summed E-state index contributed by atoms with van der Waals surface area (Å²) >= 11 is 0. The average Bonchev–Trinajstić information content (AvgIpc) is 2.53. The summed E-state index contributed by atoms with van der Waals surface area (Å²) in [5, 5.41) is 9.30. The van der Waals surface area contributed by atoms with Crippen LogP contribution in [0.5, 0.6) is 5.75 Å². The Kier molecular flexibility index (Phi) is 2.50. The maximum absolute atomic E-state index is 9.30. The Morgan fingerprint density at radius 3 is 2.54 bits per heavy atom. The third-order valence-electron chi connectivity index (χ3n) is 2.40. The minimum Gasteiger partial charge on any atom is -0.490 e. The fourth-order valence-electron chi connectivity index (χ4n) is 1.72. The lowest BCUT2D eigenvalue weighted by molar-refractivity contribution is 0.150. The van der Waals surface area contributed by atoms with Crippen LogP contribution in [0.25, 0.3) is 0 Å². The molecular weight excluding hydrogens is 164 g/mol. The van der Waals surface area contributed by atoms with Gasteiger partial charge in [-0.1, -0.05) is 18.2 Å². The van der Waals surface area contributed by atoms with Crippen LogP contribution in [0.15, 0.2) is 30.3 Å². The molecule has 1 saturated carbocycles. The van der Waals surface area contributed by atoms with Crippen molar-refractivity contribution in [1.29, 1.82) is 0 Å². The lowest BCUT2D eigenvalue weighted by Gasteiger charge is -2.12. The Morgan fingerprint density at radius 1 is 1.15 bits per heavy atom. The molecule has 0 saturated heterocycles. The zero-order valence-electron chi connectivity index (χ0n) is 7.52. The van der Waals surface area contributed by atoms with Crippen LogP contribution in [0.2, 0.25) is 0 Å². The normalized spacial score (nSPS) is 27.5. The molecule has 1 aromatic carbocycles. The Bertz CT molecular complexity index is 258. The van der Waals surface area contributed by atoms with E-state index in [9.17, 15) is 5.11 Å². The third kappa shape index (κ3) is 2.22. The maximum Gasteiger partial charge on any atom is 0.119 e. The van der Waals surface area contributed by atoms with Crippen LogP contribution in [-0.4, -0.2) is 17.3 Å². The first kappa shape index (κ1) is 8.57. The van der Waals surface area contributed by atoms with Gasteiger partial charge in [-0.2, -0.15) is 0 Å². The Labute approximate surface area is 78.2 Å². The number of ether oxygens (including phenoxy) is 1. The van der Waals surface area contributed by atoms with Gasteiger partial charge in [-0.25, -0.2) is 0 Å². The molecule has 0 bridgehead atoms. The molecular formula is C11H14O2. The molecule has 0 radical (unpaired) electrons. The number of para-hydroxylation sites is 1. The highest BCUT2D eigenvalue weighted by Gasteiger charge is 2.23. The first-order chi connectivity index (χ1) is 6.34. The molecule has 0 amide bonds. The second-order valence-corrected chi connectivity index (χ2v) is 3.52. The molecule has 1 aliphatic rings. The molecule has 0 spiro atoms. The summed E-state index contributed by atoms with van der Waals surface area (Å²) in [4.78, 5) is 0. The number of benzene rings is 1. The maximum atomic E-state index is 9.30. The molecule has 1 aromatic rings. The van der Waals surface area contributed by atoms with Crippen LogP contribution in [0.3, 0.4) is 0 Å². The van der Waals surface area contributed by atoms with Crippen LogP contribution in [0, 0.1) is 0 Å². The van der Waals surface area contributed by atoms with Crippen molar-refractivity contribution in [3.8, 4) is 5.75 Å². The third-order valence-corrected chi connectivity index (χ3v) is 2.40. The van der Waals surface area contributed by atoms with Gasteiger partial charge < -0.3 is 9.84 Å². The van der Waals surface area contributed by atoms with Crippen molar-refractivity contribution in [2.24, 2.45) is 0 Å². The number of aliphatic hydroxyl groups is 1. The van der Waals surface area contributed by atoms with Gasteiger partial charge >= 0.3 is 0 Å². The molecule has 2 nitrogen and oxygen atoms in total. The predicted octanol–water partition coefficient (Wildman–Crippen LogP) is 1.98. The Morgan fingerprint density at radius 2 is 1.92 bits per heavy atom. The second-order valence-electron chi connectivity index (χ2n) is 3.52. The zero-order valence-corrected chi connectivity index (χ0v) is 7.52. The minimum absolute atomic E-state index is 0.159. The molecule has 0 aliphatic heterocycles. The van der Waals surface area contributed by atoms with E-state index in [4.69, 9.17) is 4.74 Å². The molecule has 70 valence electrons. The van der Waals surface area contributed by atoms with Gasteiger partial charge in [-0.3, -0.25) is 0 Å². The standard InChI is InChI=1S/C11H14O2/c12-9-6-7-11(8-9)13-10-4-2-1-3-5-10/h1-5,9,11-12H,6-8H2/t9-,11-/m0/s1. The first-order valence-corrected chi connectivity index (χ1v) is 4.74. The highest BCUT2D eigenvalue weighted by atomic mass is 16.5. The van der Waals surface area contributed by atoms with Crippen molar-refractivity contribution in [2.45, 2.75) is 31.5 Å². The van der Waals surface area contributed by atoms with Gasteiger partial charge in [0.05, 0.1) is 6.10 Å². The van der Waals surface area contributed by atoms with E-state index >= 15 is 0 Å². The Hall–Kier alpha value is -1.02. The molecule has 2 rings (SSSR count). The molecule has 1 fully saturated rings. The topological polar surface area (TPSA) is 29.5 Å².